The van der Waals surface area contributed by atoms with Crippen molar-refractivity contribution in [1.29, 1.82) is 0 Å². The highest BCUT2D eigenvalue weighted by atomic mass is 16.1. The lowest BCUT2D eigenvalue weighted by Gasteiger charge is -2.22. The van der Waals surface area contributed by atoms with Crippen molar-refractivity contribution in [3.05, 3.63) is 64.7 Å². The molecule has 0 radical (unpaired) electrons. The van der Waals surface area contributed by atoms with E-state index in [2.05, 4.69) is 27.3 Å². The number of nitrogens with one attached hydrogen (secondary N) is 1. The van der Waals surface area contributed by atoms with Gasteiger partial charge in [-0.1, -0.05) is 25.0 Å². The first-order valence-electron chi connectivity index (χ1n) is 10.7. The molecule has 2 aromatic carbocycles. The highest BCUT2D eigenvalue weighted by Gasteiger charge is 2.12. The minimum absolute atomic E-state index is 0.0832. The number of aryl methyl sites for hydroxylation is 1. The Balaban J connectivity index is 1.37. The zero-order chi connectivity index (χ0) is 20.9. The van der Waals surface area contributed by atoms with E-state index in [9.17, 15) is 9.59 Å². The average Bonchev–Trinajstić information content (AvgIpc) is 3.05. The van der Waals surface area contributed by atoms with Crippen LogP contribution in [0.3, 0.4) is 0 Å². The number of carbonyl (C=O) groups excluding carboxylic acids is 1. The Bertz CT molecular complexity index is 1080. The zero-order valence-electron chi connectivity index (χ0n) is 17.4. The Morgan fingerprint density at radius 1 is 1.00 bits per heavy atom. The van der Waals surface area contributed by atoms with Gasteiger partial charge in [-0.2, -0.15) is 0 Å². The van der Waals surface area contributed by atoms with Gasteiger partial charge in [-0.25, -0.2) is 4.98 Å². The molecule has 0 saturated carbocycles. The number of hydrogen-bond acceptors (Lipinski definition) is 4. The third-order valence-corrected chi connectivity index (χ3v) is 5.77. The molecule has 0 spiro atoms. The summed E-state index contributed by atoms with van der Waals surface area (Å²) in [5, 5.41) is 3.55. The van der Waals surface area contributed by atoms with Gasteiger partial charge in [0.1, 0.15) is 5.82 Å². The first kappa shape index (κ1) is 20.1. The minimum Gasteiger partial charge on any atom is -0.372 e. The van der Waals surface area contributed by atoms with Gasteiger partial charge in [0.25, 0.3) is 5.56 Å². The van der Waals surface area contributed by atoms with Crippen molar-refractivity contribution in [3.63, 3.8) is 0 Å². The van der Waals surface area contributed by atoms with Crippen molar-refractivity contribution in [2.75, 3.05) is 23.3 Å². The number of anilines is 2. The smallest absolute Gasteiger partial charge is 0.261 e. The SMILES string of the molecule is Cn1c(CCC(=O)Nc2ccc(N3CCCCCC3)cc2)nc2ccccc2c1=O. The van der Waals surface area contributed by atoms with E-state index in [1.807, 2.05) is 30.3 Å². The number of rotatable bonds is 5. The van der Waals surface area contributed by atoms with E-state index in [-0.39, 0.29) is 17.9 Å². The fourth-order valence-corrected chi connectivity index (χ4v) is 4.02. The molecule has 0 bridgehead atoms. The number of benzene rings is 2. The lowest BCUT2D eigenvalue weighted by atomic mass is 10.2. The van der Waals surface area contributed by atoms with E-state index in [4.69, 9.17) is 0 Å². The summed E-state index contributed by atoms with van der Waals surface area (Å²) in [5.74, 6) is 0.533. The molecule has 3 aromatic rings. The van der Waals surface area contributed by atoms with Crippen molar-refractivity contribution in [2.24, 2.45) is 7.05 Å². The maximum Gasteiger partial charge on any atom is 0.261 e. The van der Waals surface area contributed by atoms with Crippen molar-refractivity contribution in [2.45, 2.75) is 38.5 Å². The Hall–Kier alpha value is -3.15. The van der Waals surface area contributed by atoms with Crippen LogP contribution in [0.5, 0.6) is 0 Å². The number of carbonyl (C=O) groups is 1. The number of fused-ring (bicyclic) bond motifs is 1. The van der Waals surface area contributed by atoms with Crippen molar-refractivity contribution >= 4 is 28.2 Å². The minimum atomic E-state index is -0.0834. The zero-order valence-corrected chi connectivity index (χ0v) is 17.4. The van der Waals surface area contributed by atoms with Crippen LogP contribution in [0.1, 0.15) is 37.9 Å². The number of nitrogens with zero attached hydrogens (tertiary/aromatic N) is 3. The van der Waals surface area contributed by atoms with Crippen molar-refractivity contribution in [1.82, 2.24) is 9.55 Å². The van der Waals surface area contributed by atoms with Crippen molar-refractivity contribution in [3.8, 4) is 0 Å². The van der Waals surface area contributed by atoms with Crippen LogP contribution in [0, 0.1) is 0 Å². The third kappa shape index (κ3) is 4.53. The quantitative estimate of drug-likeness (QED) is 0.701. The van der Waals surface area contributed by atoms with E-state index in [1.54, 1.807) is 13.1 Å². The largest absolute Gasteiger partial charge is 0.372 e. The second-order valence-electron chi connectivity index (χ2n) is 7.91. The Kier molecular flexibility index (Phi) is 6.12. The summed E-state index contributed by atoms with van der Waals surface area (Å²) in [6.45, 7) is 2.20. The van der Waals surface area contributed by atoms with Crippen LogP contribution in [-0.2, 0) is 18.3 Å². The fraction of sp³-hybridized carbons (Fsp3) is 0.375. The molecule has 0 aliphatic carbocycles. The lowest BCUT2D eigenvalue weighted by molar-refractivity contribution is -0.116. The molecule has 1 aliphatic heterocycles. The van der Waals surface area contributed by atoms with E-state index in [1.165, 1.54) is 35.9 Å². The molecule has 1 aliphatic rings. The molecular formula is C24H28N4O2. The first-order chi connectivity index (χ1) is 14.6. The number of amides is 1. The normalized spacial score (nSPS) is 14.5. The maximum absolute atomic E-state index is 12.5. The van der Waals surface area contributed by atoms with E-state index >= 15 is 0 Å². The topological polar surface area (TPSA) is 67.2 Å². The summed E-state index contributed by atoms with van der Waals surface area (Å²) < 4.78 is 1.53. The van der Waals surface area contributed by atoms with Gasteiger partial charge in [0.2, 0.25) is 5.91 Å². The number of aromatic nitrogens is 2. The second kappa shape index (κ2) is 9.11. The molecule has 156 valence electrons. The van der Waals surface area contributed by atoms with Crippen LogP contribution >= 0.6 is 0 Å². The monoisotopic (exact) mass is 404 g/mol. The molecule has 1 N–H and O–H groups in total. The second-order valence-corrected chi connectivity index (χ2v) is 7.91. The van der Waals surface area contributed by atoms with Gasteiger partial charge in [-0.3, -0.25) is 14.2 Å². The van der Waals surface area contributed by atoms with Gasteiger partial charge < -0.3 is 10.2 Å². The van der Waals surface area contributed by atoms with Gasteiger partial charge in [-0.05, 0) is 49.2 Å². The summed E-state index contributed by atoms with van der Waals surface area (Å²) in [4.78, 5) is 31.9. The summed E-state index contributed by atoms with van der Waals surface area (Å²) in [6.07, 6.45) is 5.78. The Morgan fingerprint density at radius 3 is 2.43 bits per heavy atom. The Morgan fingerprint density at radius 2 is 1.70 bits per heavy atom. The molecule has 6 heteroatoms. The predicted octanol–water partition coefficient (Wildman–Crippen LogP) is 3.89. The van der Waals surface area contributed by atoms with Gasteiger partial charge in [0.05, 0.1) is 10.9 Å². The summed E-state index contributed by atoms with van der Waals surface area (Å²) in [6, 6.07) is 15.4. The number of hydrogen-bond donors (Lipinski definition) is 1. The molecule has 1 saturated heterocycles. The van der Waals surface area contributed by atoms with E-state index < -0.39 is 0 Å². The molecule has 6 nitrogen and oxygen atoms in total. The van der Waals surface area contributed by atoms with Gasteiger partial charge in [0.15, 0.2) is 0 Å². The molecule has 30 heavy (non-hydrogen) atoms. The molecule has 0 unspecified atom stereocenters. The van der Waals surface area contributed by atoms with Gasteiger partial charge in [0, 0.05) is 44.4 Å². The molecule has 1 amide bonds. The van der Waals surface area contributed by atoms with Crippen LogP contribution < -0.4 is 15.8 Å². The number of para-hydroxylation sites is 1. The third-order valence-electron chi connectivity index (χ3n) is 5.77. The van der Waals surface area contributed by atoms with Gasteiger partial charge >= 0.3 is 0 Å². The fourth-order valence-electron chi connectivity index (χ4n) is 4.02. The molecule has 1 aromatic heterocycles. The highest BCUT2D eigenvalue weighted by molar-refractivity contribution is 5.91. The Labute approximate surface area is 176 Å². The van der Waals surface area contributed by atoms with Gasteiger partial charge in [-0.15, -0.1) is 0 Å². The van der Waals surface area contributed by atoms with Crippen LogP contribution in [0.15, 0.2) is 53.3 Å². The average molecular weight is 405 g/mol. The highest BCUT2D eigenvalue weighted by Crippen LogP contribution is 2.21. The van der Waals surface area contributed by atoms with Crippen LogP contribution in [0.4, 0.5) is 11.4 Å². The van der Waals surface area contributed by atoms with Crippen LogP contribution in [0.25, 0.3) is 10.9 Å². The van der Waals surface area contributed by atoms with Crippen LogP contribution in [0.2, 0.25) is 0 Å². The van der Waals surface area contributed by atoms with E-state index in [0.29, 0.717) is 23.1 Å². The predicted molar refractivity (Wildman–Crippen MR) is 121 cm³/mol. The van der Waals surface area contributed by atoms with E-state index in [0.717, 1.165) is 18.8 Å². The van der Waals surface area contributed by atoms with Crippen LogP contribution in [-0.4, -0.2) is 28.5 Å². The summed E-state index contributed by atoms with van der Waals surface area (Å²) in [7, 11) is 1.70. The van der Waals surface area contributed by atoms with Crippen molar-refractivity contribution < 1.29 is 4.79 Å². The standard InChI is InChI=1S/C24H28N4O2/c1-27-22(26-21-9-5-4-8-20(21)24(27)30)14-15-23(29)25-18-10-12-19(13-11-18)28-16-6-2-3-7-17-28/h4-5,8-13H,2-3,6-7,14-17H2,1H3,(H,25,29). The molecular weight excluding hydrogens is 376 g/mol. The summed E-state index contributed by atoms with van der Waals surface area (Å²) in [5.41, 5.74) is 2.59. The summed E-state index contributed by atoms with van der Waals surface area (Å²) >= 11 is 0. The lowest BCUT2D eigenvalue weighted by Crippen LogP contribution is -2.24. The molecule has 4 rings (SSSR count). The molecule has 2 heterocycles. The maximum atomic E-state index is 12.5. The first-order valence-corrected chi connectivity index (χ1v) is 10.7. The molecule has 0 atom stereocenters. The molecule has 1 fully saturated rings.